The number of nitrogens with zero attached hydrogens (tertiary/aromatic N) is 1. The highest BCUT2D eigenvalue weighted by Gasteiger charge is 2.42. The molecule has 0 unspecified atom stereocenters. The summed E-state index contributed by atoms with van der Waals surface area (Å²) in [4.78, 5) is 29.9. The van der Waals surface area contributed by atoms with Crippen LogP contribution in [-0.2, 0) is 0 Å². The van der Waals surface area contributed by atoms with Crippen LogP contribution < -0.4 is 10.3 Å². The number of halogens is 2. The first-order valence-electron chi connectivity index (χ1n) is 10.6. The van der Waals surface area contributed by atoms with E-state index in [9.17, 15) is 14.0 Å². The Hall–Kier alpha value is -2.51. The van der Waals surface area contributed by atoms with Crippen LogP contribution in [0.3, 0.4) is 0 Å². The number of carbonyl (C=O) groups excluding carboxylic acids is 1. The molecule has 31 heavy (non-hydrogen) atoms. The third-order valence-electron chi connectivity index (χ3n) is 6.02. The highest BCUT2D eigenvalue weighted by molar-refractivity contribution is 9.10. The maximum atomic E-state index is 14.1. The number of amides is 1. The average Bonchev–Trinajstić information content (AvgIpc) is 3.04. The summed E-state index contributed by atoms with van der Waals surface area (Å²) in [5.74, 6) is -0.663. The van der Waals surface area contributed by atoms with Crippen LogP contribution in [0.5, 0.6) is 0 Å². The van der Waals surface area contributed by atoms with Crippen LogP contribution in [-0.4, -0.2) is 37.0 Å². The van der Waals surface area contributed by atoms with E-state index in [1.165, 1.54) is 17.0 Å². The summed E-state index contributed by atoms with van der Waals surface area (Å²) < 4.78 is 20.7. The summed E-state index contributed by atoms with van der Waals surface area (Å²) in [6.45, 7) is 7.68. The van der Waals surface area contributed by atoms with E-state index in [4.69, 9.17) is 4.42 Å². The van der Waals surface area contributed by atoms with Crippen LogP contribution >= 0.6 is 15.9 Å². The summed E-state index contributed by atoms with van der Waals surface area (Å²) in [7, 11) is 0. The van der Waals surface area contributed by atoms with Crippen LogP contribution in [0.25, 0.3) is 11.0 Å². The molecule has 2 aromatic carbocycles. The molecule has 1 aliphatic heterocycles. The highest BCUT2D eigenvalue weighted by atomic mass is 79.9. The number of rotatable bonds is 7. The highest BCUT2D eigenvalue weighted by Crippen LogP contribution is 2.38. The number of fused-ring (bicyclic) bond motifs is 2. The summed E-state index contributed by atoms with van der Waals surface area (Å²) in [5.41, 5.74) is 0.977. The second-order valence-electron chi connectivity index (χ2n) is 7.83. The number of carbonyl (C=O) groups is 1. The molecule has 2 heterocycles. The van der Waals surface area contributed by atoms with Crippen molar-refractivity contribution in [1.29, 1.82) is 0 Å². The van der Waals surface area contributed by atoms with Crippen LogP contribution in [0, 0.1) is 5.82 Å². The van der Waals surface area contributed by atoms with Gasteiger partial charge in [0.15, 0.2) is 5.43 Å². The van der Waals surface area contributed by atoms with Gasteiger partial charge in [-0.3, -0.25) is 9.59 Å². The fraction of sp³-hybridized carbons (Fsp3) is 0.333. The van der Waals surface area contributed by atoms with E-state index in [2.05, 4.69) is 29.8 Å². The maximum absolute atomic E-state index is 14.1. The second kappa shape index (κ2) is 8.93. The summed E-state index contributed by atoms with van der Waals surface area (Å²) >= 11 is 3.39. The van der Waals surface area contributed by atoms with Gasteiger partial charge in [-0.1, -0.05) is 28.1 Å². The number of hydrogen-bond acceptors (Lipinski definition) is 3. The second-order valence-corrected chi connectivity index (χ2v) is 8.75. The minimum Gasteiger partial charge on any atom is -0.450 e. The van der Waals surface area contributed by atoms with E-state index in [0.29, 0.717) is 23.1 Å². The molecule has 0 saturated heterocycles. The molecule has 0 saturated carbocycles. The topological polar surface area (TPSA) is 55.0 Å². The Kier molecular flexibility index (Phi) is 6.25. The molecule has 3 aromatic rings. The molecular weight excluding hydrogens is 463 g/mol. The first-order valence-corrected chi connectivity index (χ1v) is 11.4. The van der Waals surface area contributed by atoms with E-state index in [1.807, 2.05) is 0 Å². The first kappa shape index (κ1) is 21.7. The average molecular weight is 488 g/mol. The quantitative estimate of drug-likeness (QED) is 0.554. The third kappa shape index (κ3) is 4.04. The van der Waals surface area contributed by atoms with Gasteiger partial charge in [-0.25, -0.2) is 4.39 Å². The van der Waals surface area contributed by atoms with Gasteiger partial charge in [0.25, 0.3) is 5.91 Å². The number of hydrogen-bond donors (Lipinski definition) is 1. The normalized spacial score (nSPS) is 15.8. The minimum atomic E-state index is -0.662. The smallest absolute Gasteiger partial charge is 0.290 e. The lowest BCUT2D eigenvalue weighted by atomic mass is 9.98. The zero-order chi connectivity index (χ0) is 22.1. The Labute approximate surface area is 188 Å². The fourth-order valence-corrected chi connectivity index (χ4v) is 4.71. The van der Waals surface area contributed by atoms with Crippen molar-refractivity contribution in [2.24, 2.45) is 0 Å². The molecular formula is C24H25BrFN2O3+. The van der Waals surface area contributed by atoms with Crippen molar-refractivity contribution in [3.05, 3.63) is 79.9 Å². The van der Waals surface area contributed by atoms with Crippen LogP contribution in [0.2, 0.25) is 0 Å². The number of benzene rings is 2. The molecule has 1 atom stereocenters. The molecule has 1 aromatic heterocycles. The Bertz CT molecular complexity index is 1190. The van der Waals surface area contributed by atoms with Gasteiger partial charge in [0, 0.05) is 17.4 Å². The van der Waals surface area contributed by atoms with Crippen molar-refractivity contribution in [2.75, 3.05) is 26.2 Å². The van der Waals surface area contributed by atoms with Crippen molar-refractivity contribution >= 4 is 32.8 Å². The standard InChI is InChI=1S/C24H24BrFN2O3/c1-3-27(4-2)11-6-12-28-21(15-7-5-8-17(26)13-15)20-22(29)18-14-16(25)9-10-19(18)31-23(20)24(28)30/h5,7-10,13-14,21H,3-4,6,11-12H2,1-2H3/p+1/t21-/m0/s1. The molecule has 0 aliphatic carbocycles. The first-order chi connectivity index (χ1) is 14.9. The lowest BCUT2D eigenvalue weighted by Gasteiger charge is -2.26. The minimum absolute atomic E-state index is 0.0595. The van der Waals surface area contributed by atoms with Crippen LogP contribution in [0.1, 0.15) is 48.0 Å². The van der Waals surface area contributed by atoms with Gasteiger partial charge in [-0.2, -0.15) is 0 Å². The molecule has 1 aliphatic rings. The molecule has 0 spiro atoms. The SMILES string of the molecule is CC[NH+](CC)CCCN1C(=O)c2oc3ccc(Br)cc3c(=O)c2[C@@H]1c1cccc(F)c1. The van der Waals surface area contributed by atoms with Crippen LogP contribution in [0.4, 0.5) is 4.39 Å². The molecule has 5 nitrogen and oxygen atoms in total. The van der Waals surface area contributed by atoms with E-state index >= 15 is 0 Å². The molecule has 0 fully saturated rings. The molecule has 0 bridgehead atoms. The van der Waals surface area contributed by atoms with Gasteiger partial charge in [-0.15, -0.1) is 0 Å². The van der Waals surface area contributed by atoms with Crippen LogP contribution in [0.15, 0.2) is 56.1 Å². The van der Waals surface area contributed by atoms with Crippen molar-refractivity contribution < 1.29 is 18.5 Å². The van der Waals surface area contributed by atoms with Gasteiger partial charge >= 0.3 is 0 Å². The van der Waals surface area contributed by atoms with Gasteiger partial charge in [0.2, 0.25) is 5.76 Å². The van der Waals surface area contributed by atoms with Gasteiger partial charge in [0.1, 0.15) is 11.4 Å². The lowest BCUT2D eigenvalue weighted by Crippen LogP contribution is -3.11. The molecule has 0 radical (unpaired) electrons. The molecule has 7 heteroatoms. The van der Waals surface area contributed by atoms with Crippen molar-refractivity contribution in [2.45, 2.75) is 26.3 Å². The molecule has 1 N–H and O–H groups in total. The summed E-state index contributed by atoms with van der Waals surface area (Å²) in [6.07, 6.45) is 0.780. The van der Waals surface area contributed by atoms with Crippen molar-refractivity contribution in [3.8, 4) is 0 Å². The molecule has 162 valence electrons. The predicted octanol–water partition coefficient (Wildman–Crippen LogP) is 3.55. The Morgan fingerprint density at radius 3 is 2.61 bits per heavy atom. The van der Waals surface area contributed by atoms with Crippen molar-refractivity contribution in [1.82, 2.24) is 4.90 Å². The monoisotopic (exact) mass is 487 g/mol. The zero-order valence-electron chi connectivity index (χ0n) is 17.6. The van der Waals surface area contributed by atoms with Gasteiger partial charge in [-0.05, 0) is 49.7 Å². The number of quaternary nitrogens is 1. The largest absolute Gasteiger partial charge is 0.450 e. The third-order valence-corrected chi connectivity index (χ3v) is 6.51. The molecule has 4 rings (SSSR count). The number of nitrogens with one attached hydrogen (secondary N) is 1. The molecule has 1 amide bonds. The fourth-order valence-electron chi connectivity index (χ4n) is 4.35. The van der Waals surface area contributed by atoms with E-state index in [-0.39, 0.29) is 22.7 Å². The lowest BCUT2D eigenvalue weighted by molar-refractivity contribution is -0.896. The van der Waals surface area contributed by atoms with E-state index in [0.717, 1.165) is 30.5 Å². The van der Waals surface area contributed by atoms with Crippen molar-refractivity contribution in [3.63, 3.8) is 0 Å². The summed E-state index contributed by atoms with van der Waals surface area (Å²) in [5, 5.41) is 0.400. The Morgan fingerprint density at radius 2 is 1.90 bits per heavy atom. The predicted molar refractivity (Wildman–Crippen MR) is 121 cm³/mol. The van der Waals surface area contributed by atoms with Gasteiger partial charge in [0.05, 0.1) is 36.6 Å². The van der Waals surface area contributed by atoms with E-state index in [1.54, 1.807) is 35.2 Å². The van der Waals surface area contributed by atoms with E-state index < -0.39 is 11.9 Å². The Balaban J connectivity index is 1.81. The van der Waals surface area contributed by atoms with Gasteiger partial charge < -0.3 is 14.2 Å². The summed E-state index contributed by atoms with van der Waals surface area (Å²) in [6, 6.07) is 10.6. The maximum Gasteiger partial charge on any atom is 0.290 e. The Morgan fingerprint density at radius 1 is 1.13 bits per heavy atom. The zero-order valence-corrected chi connectivity index (χ0v) is 19.2.